The van der Waals surface area contributed by atoms with Crippen LogP contribution in [0.1, 0.15) is 33.3 Å². The van der Waals surface area contributed by atoms with Crippen LogP contribution < -0.4 is 0 Å². The maximum absolute atomic E-state index is 14.8. The molecule has 1 aromatic carbocycles. The quantitative estimate of drug-likeness (QED) is 0.859. The number of para-hydroxylation sites is 1. The lowest BCUT2D eigenvalue weighted by Gasteiger charge is -2.32. The second kappa shape index (κ2) is 6.00. The largest absolute Gasteiger partial charge is 0.525 e. The van der Waals surface area contributed by atoms with E-state index >= 15 is 0 Å². The Kier molecular flexibility index (Phi) is 4.25. The lowest BCUT2D eigenvalue weighted by molar-refractivity contribution is -0.137. The zero-order valence-electron chi connectivity index (χ0n) is 14.7. The number of benzene rings is 1. The third-order valence-corrected chi connectivity index (χ3v) is 4.90. The van der Waals surface area contributed by atoms with Crippen molar-refractivity contribution in [1.29, 1.82) is 0 Å². The maximum atomic E-state index is 14.8. The molecule has 0 spiro atoms. The molecule has 0 saturated carbocycles. The van der Waals surface area contributed by atoms with Gasteiger partial charge in [0.2, 0.25) is 0 Å². The zero-order valence-corrected chi connectivity index (χ0v) is 14.7. The lowest BCUT2D eigenvalue weighted by Crippen LogP contribution is -2.41. The van der Waals surface area contributed by atoms with E-state index in [0.717, 1.165) is 10.9 Å². The van der Waals surface area contributed by atoms with Gasteiger partial charge in [0.1, 0.15) is 12.3 Å². The second-order valence-corrected chi connectivity index (χ2v) is 7.24. The smallest absolute Gasteiger partial charge is 0.480 e. The summed E-state index contributed by atoms with van der Waals surface area (Å²) >= 11 is 0. The van der Waals surface area contributed by atoms with Gasteiger partial charge in [-0.05, 0) is 39.8 Å². The molecule has 25 heavy (non-hydrogen) atoms. The van der Waals surface area contributed by atoms with E-state index in [0.29, 0.717) is 5.56 Å². The summed E-state index contributed by atoms with van der Waals surface area (Å²) in [6.07, 6.45) is 2.98. The van der Waals surface area contributed by atoms with E-state index in [1.807, 2.05) is 52.0 Å². The predicted molar refractivity (Wildman–Crippen MR) is 94.7 cm³/mol. The van der Waals surface area contributed by atoms with Crippen LogP contribution in [0.4, 0.5) is 4.39 Å². The fourth-order valence-corrected chi connectivity index (χ4v) is 2.84. The van der Waals surface area contributed by atoms with Gasteiger partial charge in [0.05, 0.1) is 11.2 Å². The first-order valence-corrected chi connectivity index (χ1v) is 8.13. The van der Waals surface area contributed by atoms with Crippen molar-refractivity contribution in [2.24, 2.45) is 0 Å². The fraction of sp³-hybridized carbons (Fsp3) is 0.389. The van der Waals surface area contributed by atoms with Gasteiger partial charge >= 0.3 is 13.1 Å². The third-order valence-electron chi connectivity index (χ3n) is 4.90. The van der Waals surface area contributed by atoms with E-state index in [-0.39, 0.29) is 6.54 Å². The Balaban J connectivity index is 1.97. The molecule has 0 atom stereocenters. The number of halogens is 1. The monoisotopic (exact) mass is 345 g/mol. The van der Waals surface area contributed by atoms with Crippen molar-refractivity contribution in [1.82, 2.24) is 4.57 Å². The van der Waals surface area contributed by atoms with E-state index in [1.165, 1.54) is 6.08 Å². The summed E-state index contributed by atoms with van der Waals surface area (Å²) in [6, 6.07) is 7.29. The lowest BCUT2D eigenvalue weighted by atomic mass is 9.87. The van der Waals surface area contributed by atoms with Crippen molar-refractivity contribution in [2.45, 2.75) is 45.4 Å². The summed E-state index contributed by atoms with van der Waals surface area (Å²) in [4.78, 5) is 11.0. The Bertz CT molecular complexity index is 840. The predicted octanol–water partition coefficient (Wildman–Crippen LogP) is 3.67. The summed E-state index contributed by atoms with van der Waals surface area (Å²) in [7, 11) is -1.08. The Morgan fingerprint density at radius 1 is 1.24 bits per heavy atom. The minimum absolute atomic E-state index is 0.188. The van der Waals surface area contributed by atoms with E-state index < -0.39 is 30.0 Å². The van der Waals surface area contributed by atoms with Gasteiger partial charge in [-0.25, -0.2) is 4.39 Å². The number of aliphatic carboxylic acids is 1. The Morgan fingerprint density at radius 2 is 1.84 bits per heavy atom. The van der Waals surface area contributed by atoms with Crippen LogP contribution >= 0.6 is 0 Å². The minimum Gasteiger partial charge on any atom is -0.480 e. The van der Waals surface area contributed by atoms with Crippen LogP contribution in [0.15, 0.2) is 36.2 Å². The van der Waals surface area contributed by atoms with Gasteiger partial charge in [0, 0.05) is 22.7 Å². The van der Waals surface area contributed by atoms with Gasteiger partial charge in [-0.3, -0.25) is 4.79 Å². The molecule has 2 heterocycles. The Morgan fingerprint density at radius 3 is 2.44 bits per heavy atom. The summed E-state index contributed by atoms with van der Waals surface area (Å²) in [5, 5.41) is 9.83. The molecule has 1 saturated heterocycles. The molecule has 0 unspecified atom stereocenters. The van der Waals surface area contributed by atoms with E-state index in [4.69, 9.17) is 14.4 Å². The third kappa shape index (κ3) is 3.21. The topological polar surface area (TPSA) is 60.7 Å². The molecule has 0 bridgehead atoms. The number of carboxylic acid groups (broad SMARTS) is 1. The first-order chi connectivity index (χ1) is 11.6. The van der Waals surface area contributed by atoms with Crippen molar-refractivity contribution < 1.29 is 23.6 Å². The van der Waals surface area contributed by atoms with Gasteiger partial charge in [0.25, 0.3) is 0 Å². The number of rotatable bonds is 4. The first kappa shape index (κ1) is 17.7. The number of carboxylic acids is 1. The second-order valence-electron chi connectivity index (χ2n) is 7.24. The van der Waals surface area contributed by atoms with E-state index in [9.17, 15) is 9.18 Å². The van der Waals surface area contributed by atoms with Crippen molar-refractivity contribution in [3.05, 3.63) is 41.8 Å². The number of hydrogen-bond acceptors (Lipinski definition) is 3. The average molecular weight is 345 g/mol. The maximum Gasteiger partial charge on any atom is 0.525 e. The normalized spacial score (nSPS) is 19.6. The van der Waals surface area contributed by atoms with Crippen LogP contribution in [0, 0.1) is 0 Å². The molecule has 5 nitrogen and oxygen atoms in total. The van der Waals surface area contributed by atoms with Crippen LogP contribution in [0.2, 0.25) is 0 Å². The van der Waals surface area contributed by atoms with Gasteiger partial charge < -0.3 is 19.0 Å². The van der Waals surface area contributed by atoms with Crippen molar-refractivity contribution >= 4 is 30.1 Å². The minimum atomic E-state index is -1.08. The Labute approximate surface area is 146 Å². The van der Waals surface area contributed by atoms with Crippen LogP contribution in [-0.2, 0) is 20.6 Å². The number of fused-ring (bicyclic) bond motifs is 1. The molecule has 132 valence electrons. The van der Waals surface area contributed by atoms with Gasteiger partial charge in [-0.1, -0.05) is 18.2 Å². The van der Waals surface area contributed by atoms with Gasteiger partial charge in [0.15, 0.2) is 0 Å². The van der Waals surface area contributed by atoms with Gasteiger partial charge in [-0.2, -0.15) is 0 Å². The molecule has 0 amide bonds. The molecule has 0 radical (unpaired) electrons. The number of hydrogen-bond donors (Lipinski definition) is 1. The highest BCUT2D eigenvalue weighted by atomic mass is 19.1. The highest BCUT2D eigenvalue weighted by Gasteiger charge is 2.53. The number of aromatic nitrogens is 1. The molecule has 1 aliphatic rings. The molecular weight excluding hydrogens is 324 g/mol. The van der Waals surface area contributed by atoms with E-state index in [1.54, 1.807) is 10.8 Å². The molecular formula is C18H21BFNO4. The molecule has 7 heteroatoms. The highest BCUT2D eigenvalue weighted by Crippen LogP contribution is 2.39. The average Bonchev–Trinajstić information content (AvgIpc) is 2.94. The molecule has 1 aliphatic heterocycles. The first-order valence-electron chi connectivity index (χ1n) is 8.13. The SMILES string of the molecule is CC1(C)OB(C(F)=Cc2cn(CC(=O)O)c3ccccc23)OC1(C)C. The zero-order chi connectivity index (χ0) is 18.4. The van der Waals surface area contributed by atoms with Crippen LogP contribution in [0.25, 0.3) is 17.0 Å². The van der Waals surface area contributed by atoms with Crippen molar-refractivity contribution in [3.63, 3.8) is 0 Å². The fourth-order valence-electron chi connectivity index (χ4n) is 2.84. The van der Waals surface area contributed by atoms with Crippen molar-refractivity contribution in [2.75, 3.05) is 0 Å². The number of carbonyl (C=O) groups is 1. The highest BCUT2D eigenvalue weighted by molar-refractivity contribution is 6.54. The standard InChI is InChI=1S/C18H21BFNO4/c1-17(2)18(3,4)25-19(24-17)15(20)9-12-10-21(11-16(22)23)14-8-6-5-7-13(12)14/h5-10H,11H2,1-4H3,(H,22,23). The van der Waals surface area contributed by atoms with Crippen LogP contribution in [0.5, 0.6) is 0 Å². The molecule has 3 rings (SSSR count). The molecule has 0 aliphatic carbocycles. The van der Waals surface area contributed by atoms with Crippen LogP contribution in [0.3, 0.4) is 0 Å². The van der Waals surface area contributed by atoms with E-state index in [2.05, 4.69) is 0 Å². The van der Waals surface area contributed by atoms with Crippen molar-refractivity contribution in [3.8, 4) is 0 Å². The summed E-state index contributed by atoms with van der Waals surface area (Å²) in [5.74, 6) is -0.956. The summed E-state index contributed by atoms with van der Waals surface area (Å²) in [5.41, 5.74) is -0.473. The van der Waals surface area contributed by atoms with Gasteiger partial charge in [-0.15, -0.1) is 0 Å². The van der Waals surface area contributed by atoms with Crippen LogP contribution in [-0.4, -0.2) is 34.0 Å². The molecule has 2 aromatic rings. The number of nitrogens with zero attached hydrogens (tertiary/aromatic N) is 1. The molecule has 1 fully saturated rings. The molecule has 1 N–H and O–H groups in total. The summed E-state index contributed by atoms with van der Waals surface area (Å²) in [6.45, 7) is 7.25. The molecule has 1 aromatic heterocycles. The summed E-state index contributed by atoms with van der Waals surface area (Å²) < 4.78 is 27.8. The Hall–Kier alpha value is -2.12.